The highest BCUT2D eigenvalue weighted by atomic mass is 16.3. The average Bonchev–Trinajstić information content (AvgIpc) is 3.44. The van der Waals surface area contributed by atoms with E-state index in [1.165, 1.54) is 43.8 Å². The highest BCUT2D eigenvalue weighted by Gasteiger charge is 2.19. The summed E-state index contributed by atoms with van der Waals surface area (Å²) in [6.07, 6.45) is 0. The van der Waals surface area contributed by atoms with E-state index in [4.69, 9.17) is 4.42 Å². The molecule has 0 spiro atoms. The molecule has 8 aromatic rings. The zero-order chi connectivity index (χ0) is 27.2. The van der Waals surface area contributed by atoms with E-state index in [0.29, 0.717) is 0 Å². The van der Waals surface area contributed by atoms with Crippen LogP contribution in [0, 0.1) is 0 Å². The Morgan fingerprint density at radius 3 is 1.49 bits per heavy atom. The quantitative estimate of drug-likeness (QED) is 0.210. The normalized spacial score (nSPS) is 11.4. The second kappa shape index (κ2) is 9.66. The third-order valence-electron chi connectivity index (χ3n) is 8.08. The van der Waals surface area contributed by atoms with Gasteiger partial charge in [-0.1, -0.05) is 146 Å². The van der Waals surface area contributed by atoms with Crippen molar-refractivity contribution in [3.8, 4) is 44.9 Å². The molecule has 0 aliphatic heterocycles. The van der Waals surface area contributed by atoms with Gasteiger partial charge in [-0.15, -0.1) is 0 Å². The summed E-state index contributed by atoms with van der Waals surface area (Å²) in [6, 6.07) is 56.0. The maximum Gasteiger partial charge on any atom is 0.143 e. The molecule has 7 aromatic carbocycles. The molecule has 0 saturated carbocycles. The molecule has 8 rings (SSSR count). The SMILES string of the molecule is c1ccc(-c2ccc3c(ccc4cc(-c5oc(-c6ccccc6-c6ccccc6)c6ccccc56)ccc43)c2)cc1. The molecule has 0 saturated heterocycles. The van der Waals surface area contributed by atoms with Gasteiger partial charge in [0.05, 0.1) is 0 Å². The summed E-state index contributed by atoms with van der Waals surface area (Å²) in [7, 11) is 0. The van der Waals surface area contributed by atoms with Crippen LogP contribution in [0.5, 0.6) is 0 Å². The lowest BCUT2D eigenvalue weighted by Crippen LogP contribution is -1.83. The van der Waals surface area contributed by atoms with Crippen LogP contribution in [0.1, 0.15) is 0 Å². The van der Waals surface area contributed by atoms with E-state index in [2.05, 4.69) is 158 Å². The fraction of sp³-hybridized carbons (Fsp3) is 0. The van der Waals surface area contributed by atoms with E-state index in [9.17, 15) is 0 Å². The summed E-state index contributed by atoms with van der Waals surface area (Å²) in [5, 5.41) is 7.20. The number of fused-ring (bicyclic) bond motifs is 4. The number of benzene rings is 7. The smallest absolute Gasteiger partial charge is 0.143 e. The van der Waals surface area contributed by atoms with Crippen molar-refractivity contribution < 1.29 is 4.42 Å². The fourth-order valence-corrected chi connectivity index (χ4v) is 6.08. The lowest BCUT2D eigenvalue weighted by molar-refractivity contribution is 0.602. The first kappa shape index (κ1) is 23.5. The second-order valence-corrected chi connectivity index (χ2v) is 10.5. The Balaban J connectivity index is 1.27. The second-order valence-electron chi connectivity index (χ2n) is 10.5. The van der Waals surface area contributed by atoms with Crippen molar-refractivity contribution in [3.63, 3.8) is 0 Å². The van der Waals surface area contributed by atoms with Gasteiger partial charge in [-0.25, -0.2) is 0 Å². The van der Waals surface area contributed by atoms with Crippen molar-refractivity contribution in [2.45, 2.75) is 0 Å². The Labute approximate surface area is 238 Å². The Bertz CT molecular complexity index is 2190. The van der Waals surface area contributed by atoms with Crippen LogP contribution < -0.4 is 0 Å². The van der Waals surface area contributed by atoms with E-state index in [0.717, 1.165) is 33.4 Å². The van der Waals surface area contributed by atoms with Crippen LogP contribution in [-0.4, -0.2) is 0 Å². The number of hydrogen-bond donors (Lipinski definition) is 0. The van der Waals surface area contributed by atoms with Crippen molar-refractivity contribution in [3.05, 3.63) is 158 Å². The predicted octanol–water partition coefficient (Wildman–Crippen LogP) is 11.4. The highest BCUT2D eigenvalue weighted by molar-refractivity contribution is 6.11. The standard InChI is InChI=1S/C40H26O/c1-3-11-27(12-4-1)29-21-23-34-30(25-29)19-20-31-26-32(22-24-35(31)34)39-37-17-9-10-18-38(37)40(41-39)36-16-8-7-15-33(36)28-13-5-2-6-14-28/h1-26H. The largest absolute Gasteiger partial charge is 0.455 e. The molecule has 0 aliphatic rings. The topological polar surface area (TPSA) is 13.1 Å². The third-order valence-corrected chi connectivity index (χ3v) is 8.08. The number of hydrogen-bond acceptors (Lipinski definition) is 1. The molecule has 0 atom stereocenters. The van der Waals surface area contributed by atoms with Gasteiger partial charge >= 0.3 is 0 Å². The first-order valence-electron chi connectivity index (χ1n) is 14.0. The summed E-state index contributed by atoms with van der Waals surface area (Å²) >= 11 is 0. The van der Waals surface area contributed by atoms with Crippen LogP contribution in [0.15, 0.2) is 162 Å². The molecule has 192 valence electrons. The summed E-state index contributed by atoms with van der Waals surface area (Å²) in [6.45, 7) is 0. The minimum absolute atomic E-state index is 0.903. The van der Waals surface area contributed by atoms with Gasteiger partial charge in [0.25, 0.3) is 0 Å². The monoisotopic (exact) mass is 522 g/mol. The van der Waals surface area contributed by atoms with E-state index >= 15 is 0 Å². The minimum Gasteiger partial charge on any atom is -0.455 e. The molecule has 1 heteroatoms. The molecule has 0 amide bonds. The van der Waals surface area contributed by atoms with Crippen LogP contribution in [0.3, 0.4) is 0 Å². The molecule has 1 nitrogen and oxygen atoms in total. The summed E-state index contributed by atoms with van der Waals surface area (Å²) in [4.78, 5) is 0. The van der Waals surface area contributed by atoms with Gasteiger partial charge < -0.3 is 4.42 Å². The summed E-state index contributed by atoms with van der Waals surface area (Å²) in [5.74, 6) is 1.81. The van der Waals surface area contributed by atoms with Crippen molar-refractivity contribution in [1.29, 1.82) is 0 Å². The molecule has 0 bridgehead atoms. The van der Waals surface area contributed by atoms with Gasteiger partial charge in [-0.05, 0) is 55.9 Å². The van der Waals surface area contributed by atoms with Gasteiger partial charge in [-0.2, -0.15) is 0 Å². The van der Waals surface area contributed by atoms with Gasteiger partial charge in [0.1, 0.15) is 11.5 Å². The molecular formula is C40H26O. The Morgan fingerprint density at radius 2 is 0.805 bits per heavy atom. The van der Waals surface area contributed by atoms with Crippen molar-refractivity contribution in [1.82, 2.24) is 0 Å². The van der Waals surface area contributed by atoms with Crippen molar-refractivity contribution >= 4 is 32.3 Å². The van der Waals surface area contributed by atoms with Crippen LogP contribution in [0.25, 0.3) is 77.2 Å². The van der Waals surface area contributed by atoms with Gasteiger partial charge in [-0.3, -0.25) is 0 Å². The maximum atomic E-state index is 6.80. The third kappa shape index (κ3) is 4.02. The number of furan rings is 1. The van der Waals surface area contributed by atoms with Crippen molar-refractivity contribution in [2.24, 2.45) is 0 Å². The van der Waals surface area contributed by atoms with Gasteiger partial charge in [0.2, 0.25) is 0 Å². The van der Waals surface area contributed by atoms with E-state index in [1.807, 2.05) is 0 Å². The predicted molar refractivity (Wildman–Crippen MR) is 173 cm³/mol. The minimum atomic E-state index is 0.903. The molecule has 0 N–H and O–H groups in total. The maximum absolute atomic E-state index is 6.80. The molecule has 0 fully saturated rings. The molecular weight excluding hydrogens is 496 g/mol. The molecule has 1 aromatic heterocycles. The van der Waals surface area contributed by atoms with E-state index < -0.39 is 0 Å². The zero-order valence-corrected chi connectivity index (χ0v) is 22.4. The Kier molecular flexibility index (Phi) is 5.53. The van der Waals surface area contributed by atoms with Crippen molar-refractivity contribution in [2.75, 3.05) is 0 Å². The Hall–Kier alpha value is -5.40. The lowest BCUT2D eigenvalue weighted by Gasteiger charge is -2.09. The Morgan fingerprint density at radius 1 is 0.293 bits per heavy atom. The zero-order valence-electron chi connectivity index (χ0n) is 22.4. The van der Waals surface area contributed by atoms with Crippen LogP contribution in [0.4, 0.5) is 0 Å². The van der Waals surface area contributed by atoms with Crippen LogP contribution in [-0.2, 0) is 0 Å². The van der Waals surface area contributed by atoms with E-state index in [-0.39, 0.29) is 0 Å². The van der Waals surface area contributed by atoms with Crippen LogP contribution >= 0.6 is 0 Å². The average molecular weight is 523 g/mol. The van der Waals surface area contributed by atoms with Gasteiger partial charge in [0.15, 0.2) is 0 Å². The van der Waals surface area contributed by atoms with Crippen LogP contribution in [0.2, 0.25) is 0 Å². The summed E-state index contributed by atoms with van der Waals surface area (Å²) in [5.41, 5.74) is 7.00. The molecule has 41 heavy (non-hydrogen) atoms. The first-order chi connectivity index (χ1) is 20.3. The molecule has 0 unspecified atom stereocenters. The summed E-state index contributed by atoms with van der Waals surface area (Å²) < 4.78 is 6.80. The number of rotatable bonds is 4. The molecule has 0 aliphatic carbocycles. The van der Waals surface area contributed by atoms with E-state index in [1.54, 1.807) is 0 Å². The lowest BCUT2D eigenvalue weighted by atomic mass is 9.95. The first-order valence-corrected chi connectivity index (χ1v) is 14.0. The van der Waals surface area contributed by atoms with Gasteiger partial charge in [0, 0.05) is 21.9 Å². The molecule has 0 radical (unpaired) electrons. The molecule has 1 heterocycles. The fourth-order valence-electron chi connectivity index (χ4n) is 6.08. The highest BCUT2D eigenvalue weighted by Crippen LogP contribution is 2.43.